The number of hydrogen-bond donors (Lipinski definition) is 0. The topological polar surface area (TPSA) is 0 Å². The monoisotopic (exact) mass is 482 g/mol. The van der Waals surface area contributed by atoms with Crippen molar-refractivity contribution in [2.24, 2.45) is 0 Å². The number of rotatable bonds is 0. The summed E-state index contributed by atoms with van der Waals surface area (Å²) < 4.78 is 0. The second kappa shape index (κ2) is 14.2. The normalized spacial score (nSPS) is 16.1. The van der Waals surface area contributed by atoms with Crippen LogP contribution in [0.5, 0.6) is 0 Å². The van der Waals surface area contributed by atoms with Gasteiger partial charge in [-0.3, -0.25) is 0 Å². The zero-order valence-electron chi connectivity index (χ0n) is 17.1. The van der Waals surface area contributed by atoms with Crippen molar-refractivity contribution < 1.29 is 51.0 Å². The first-order chi connectivity index (χ1) is 11.8. The summed E-state index contributed by atoms with van der Waals surface area (Å²) in [5.41, 5.74) is 9.63. The van der Waals surface area contributed by atoms with E-state index >= 15 is 0 Å². The molecule has 2 aliphatic carbocycles. The van der Waals surface area contributed by atoms with Crippen molar-refractivity contribution in [3.8, 4) is 0 Å². The Balaban J connectivity index is 0.000000451. The molecule has 0 fully saturated rings. The van der Waals surface area contributed by atoms with Crippen molar-refractivity contribution in [1.29, 1.82) is 0 Å². The van der Waals surface area contributed by atoms with Crippen LogP contribution in [0.25, 0.3) is 0 Å². The standard InChI is InChI=1S/2C12H17.2ClH.Zr/c2*1-10-8-9-11-6-4-2-3-5-7-12(10)11;;;/h2*8-9H,2-7H2,1H3;2*1H;/q2*-1;;;+4/p-2. The molecule has 0 N–H and O–H groups in total. The number of hydrogen-bond acceptors (Lipinski definition) is 0. The molecule has 3 heteroatoms. The van der Waals surface area contributed by atoms with E-state index in [0.717, 1.165) is 0 Å². The van der Waals surface area contributed by atoms with E-state index < -0.39 is 0 Å². The maximum Gasteiger partial charge on any atom is 4.00 e. The summed E-state index contributed by atoms with van der Waals surface area (Å²) in [7, 11) is 0. The Hall–Kier alpha value is 0.163. The average Bonchev–Trinajstić information content (AvgIpc) is 3.02. The Morgan fingerprint density at radius 2 is 0.889 bits per heavy atom. The van der Waals surface area contributed by atoms with Crippen LogP contribution in [0.2, 0.25) is 0 Å². The molecule has 2 aromatic rings. The van der Waals surface area contributed by atoms with Crippen molar-refractivity contribution >= 4 is 0 Å². The second-order valence-electron chi connectivity index (χ2n) is 7.87. The Bertz CT molecular complexity index is 583. The first kappa shape index (κ1) is 27.2. The van der Waals surface area contributed by atoms with Gasteiger partial charge in [0.1, 0.15) is 0 Å². The van der Waals surface area contributed by atoms with Crippen molar-refractivity contribution in [3.63, 3.8) is 0 Å². The van der Waals surface area contributed by atoms with Gasteiger partial charge in [0, 0.05) is 0 Å². The molecular formula is C24H34Cl2Zr. The van der Waals surface area contributed by atoms with Gasteiger partial charge in [0.25, 0.3) is 0 Å². The van der Waals surface area contributed by atoms with Crippen molar-refractivity contribution in [2.75, 3.05) is 0 Å². The maximum absolute atomic E-state index is 2.33. The van der Waals surface area contributed by atoms with Crippen molar-refractivity contribution in [2.45, 2.75) is 90.9 Å². The summed E-state index contributed by atoms with van der Waals surface area (Å²) in [4.78, 5) is 0. The van der Waals surface area contributed by atoms with E-state index in [-0.39, 0.29) is 51.0 Å². The molecule has 148 valence electrons. The summed E-state index contributed by atoms with van der Waals surface area (Å²) >= 11 is 0. The van der Waals surface area contributed by atoms with Crippen molar-refractivity contribution in [1.82, 2.24) is 0 Å². The van der Waals surface area contributed by atoms with Crippen LogP contribution in [0.1, 0.15) is 84.7 Å². The van der Waals surface area contributed by atoms with Crippen molar-refractivity contribution in [3.05, 3.63) is 57.6 Å². The van der Waals surface area contributed by atoms with Crippen LogP contribution in [0.15, 0.2) is 24.3 Å². The van der Waals surface area contributed by atoms with Crippen LogP contribution < -0.4 is 24.8 Å². The third-order valence-corrected chi connectivity index (χ3v) is 6.04. The molecule has 0 aliphatic heterocycles. The molecule has 0 heterocycles. The Labute approximate surface area is 198 Å². The molecule has 0 saturated carbocycles. The smallest absolute Gasteiger partial charge is 1.00 e. The molecule has 0 spiro atoms. The van der Waals surface area contributed by atoms with Gasteiger partial charge in [-0.25, -0.2) is 12.1 Å². The Morgan fingerprint density at radius 3 is 1.26 bits per heavy atom. The molecule has 0 bridgehead atoms. The molecule has 0 radical (unpaired) electrons. The molecule has 2 aliphatic rings. The van der Waals surface area contributed by atoms with Gasteiger partial charge in [-0.1, -0.05) is 90.9 Å². The van der Waals surface area contributed by atoms with Crippen LogP contribution in [-0.2, 0) is 51.9 Å². The van der Waals surface area contributed by atoms with E-state index in [0.29, 0.717) is 0 Å². The SMILES string of the molecule is C[c-]1ccc2c1CCCCCC2.C[c-]1ccc2c1CCCCCC2.[Cl-].[Cl-].[Zr+4]. The number of fused-ring (bicyclic) bond motifs is 2. The Morgan fingerprint density at radius 1 is 0.556 bits per heavy atom. The predicted octanol–water partition coefficient (Wildman–Crippen LogP) is 0.751. The van der Waals surface area contributed by atoms with E-state index in [2.05, 4.69) is 38.1 Å². The van der Waals surface area contributed by atoms with Crippen LogP contribution >= 0.6 is 0 Å². The second-order valence-corrected chi connectivity index (χ2v) is 7.87. The van der Waals surface area contributed by atoms with Gasteiger partial charge in [0.05, 0.1) is 0 Å². The van der Waals surface area contributed by atoms with E-state index in [4.69, 9.17) is 0 Å². The van der Waals surface area contributed by atoms with Gasteiger partial charge in [-0.05, 0) is 0 Å². The molecule has 4 rings (SSSR count). The van der Waals surface area contributed by atoms with Crippen LogP contribution in [0.3, 0.4) is 0 Å². The first-order valence-electron chi connectivity index (χ1n) is 10.2. The molecule has 0 atom stereocenters. The van der Waals surface area contributed by atoms with Gasteiger partial charge in [0.2, 0.25) is 0 Å². The van der Waals surface area contributed by atoms with Gasteiger partial charge in [-0.2, -0.15) is 45.5 Å². The van der Waals surface area contributed by atoms with Gasteiger partial charge in [0.15, 0.2) is 0 Å². The minimum Gasteiger partial charge on any atom is -1.00 e. The minimum absolute atomic E-state index is 0. The zero-order valence-corrected chi connectivity index (χ0v) is 21.0. The van der Waals surface area contributed by atoms with Gasteiger partial charge >= 0.3 is 26.2 Å². The molecule has 0 aromatic heterocycles. The maximum atomic E-state index is 2.33. The van der Waals surface area contributed by atoms with Crippen LogP contribution in [0.4, 0.5) is 0 Å². The summed E-state index contributed by atoms with van der Waals surface area (Å²) in [6.07, 6.45) is 16.6. The Kier molecular flexibility index (Phi) is 14.3. The third kappa shape index (κ3) is 7.83. The zero-order chi connectivity index (χ0) is 16.8. The summed E-state index contributed by atoms with van der Waals surface area (Å²) in [5.74, 6) is 0. The fraction of sp³-hybridized carbons (Fsp3) is 0.583. The first-order valence-corrected chi connectivity index (χ1v) is 10.2. The van der Waals surface area contributed by atoms with Gasteiger partial charge < -0.3 is 24.8 Å². The van der Waals surface area contributed by atoms with Crippen LogP contribution in [0, 0.1) is 13.8 Å². The van der Waals surface area contributed by atoms with E-state index in [1.165, 1.54) is 88.2 Å². The molecule has 27 heavy (non-hydrogen) atoms. The summed E-state index contributed by atoms with van der Waals surface area (Å²) in [5, 5.41) is 0. The summed E-state index contributed by atoms with van der Waals surface area (Å²) in [6, 6.07) is 9.23. The minimum atomic E-state index is 0. The molecule has 2 aromatic carbocycles. The largest absolute Gasteiger partial charge is 4.00 e. The number of halogens is 2. The molecule has 0 unspecified atom stereocenters. The molecule has 0 saturated heterocycles. The summed E-state index contributed by atoms with van der Waals surface area (Å²) in [6.45, 7) is 4.50. The van der Waals surface area contributed by atoms with Crippen LogP contribution in [-0.4, -0.2) is 0 Å². The van der Waals surface area contributed by atoms with E-state index in [1.54, 1.807) is 22.3 Å². The van der Waals surface area contributed by atoms with E-state index in [1.807, 2.05) is 0 Å². The molecular weight excluding hydrogens is 450 g/mol. The van der Waals surface area contributed by atoms with Gasteiger partial charge in [-0.15, -0.1) is 0 Å². The quantitative estimate of drug-likeness (QED) is 0.485. The predicted molar refractivity (Wildman–Crippen MR) is 105 cm³/mol. The molecule has 0 amide bonds. The fourth-order valence-electron chi connectivity index (χ4n) is 4.49. The third-order valence-electron chi connectivity index (χ3n) is 6.04. The fourth-order valence-corrected chi connectivity index (χ4v) is 4.49. The molecule has 0 nitrogen and oxygen atoms in total. The van der Waals surface area contributed by atoms with E-state index in [9.17, 15) is 0 Å². The number of aryl methyl sites for hydroxylation is 4. The average molecular weight is 485 g/mol.